The van der Waals surface area contributed by atoms with Gasteiger partial charge in [-0.2, -0.15) is 18.4 Å². The standard InChI is InChI=1S/C58H67F3N10O9S2/c1-33-47(82-32-64-33)35-15-13-34(14-16-35)29-63-49(74)45-27-39(72)30-69(45)53(78)48(56(2,3)4)65-50(75)42-10-7-24-67(42)52(77)44-12-9-25-68(44)51(76)43-11-8-23-66(43)46(73)31-80-40-21-19-37(20-22-40)71-55(81)70(54(79)57(71,5)6)38-18-17-36(28-62)41(26-38)58(59,60)61/h13-22,26,32,39,42-45,48,55,72,81H,7-12,23-25,27,29-31H2,1-6H3,(H,63,74)(H,65,75)/t39-,42+,43+,44+,45?,48-,55+/m1/s1. The lowest BCUT2D eigenvalue weighted by Crippen LogP contribution is -2.61. The van der Waals surface area contributed by atoms with E-state index < -0.39 is 112 Å². The number of hydrogen-bond donors (Lipinski definition) is 4. The number of aliphatic hydroxyl groups excluding tert-OH is 1. The van der Waals surface area contributed by atoms with Gasteiger partial charge in [-0.1, -0.05) is 45.0 Å². The summed E-state index contributed by atoms with van der Waals surface area (Å²) in [5.41, 5.74) is 0.0145. The summed E-state index contributed by atoms with van der Waals surface area (Å²) in [7, 11) is 0. The number of carbonyl (C=O) groups excluding carboxylic acids is 7. The highest BCUT2D eigenvalue weighted by Crippen LogP contribution is 2.43. The van der Waals surface area contributed by atoms with E-state index in [-0.39, 0.29) is 56.5 Å². The molecular weight excluding hydrogens is 1100 g/mol. The summed E-state index contributed by atoms with van der Waals surface area (Å²) < 4.78 is 47.5. The third kappa shape index (κ3) is 11.9. The maximum absolute atomic E-state index is 14.5. The van der Waals surface area contributed by atoms with E-state index in [0.717, 1.165) is 38.7 Å². The quantitative estimate of drug-likeness (QED) is 0.106. The first-order chi connectivity index (χ1) is 38.8. The average Bonchev–Trinajstić information content (AvgIpc) is 2.69. The van der Waals surface area contributed by atoms with Gasteiger partial charge in [-0.3, -0.25) is 38.5 Å². The second-order valence-electron chi connectivity index (χ2n) is 23.1. The molecule has 24 heteroatoms. The van der Waals surface area contributed by atoms with Gasteiger partial charge in [-0.05, 0) is 118 Å². The maximum Gasteiger partial charge on any atom is 0.417 e. The van der Waals surface area contributed by atoms with Crippen molar-refractivity contribution in [3.8, 4) is 22.3 Å². The Bertz CT molecular complexity index is 3160. The Morgan fingerprint density at radius 2 is 1.44 bits per heavy atom. The Hall–Kier alpha value is -7.23. The summed E-state index contributed by atoms with van der Waals surface area (Å²) in [4.78, 5) is 113. The van der Waals surface area contributed by atoms with Crippen LogP contribution >= 0.6 is 24.0 Å². The molecule has 436 valence electrons. The Balaban J connectivity index is 0.798. The number of alkyl halides is 3. The zero-order chi connectivity index (χ0) is 59.2. The van der Waals surface area contributed by atoms with Crippen molar-refractivity contribution in [1.82, 2.24) is 35.2 Å². The summed E-state index contributed by atoms with van der Waals surface area (Å²) >= 11 is 6.20. The fraction of sp³-hybridized carbons (Fsp3) is 0.500. The number of amides is 7. The van der Waals surface area contributed by atoms with Crippen LogP contribution in [0.3, 0.4) is 0 Å². The third-order valence-corrected chi connectivity index (χ3v) is 17.6. The lowest BCUT2D eigenvalue weighted by Gasteiger charge is -2.37. The Morgan fingerprint density at radius 1 is 0.841 bits per heavy atom. The van der Waals surface area contributed by atoms with Crippen molar-refractivity contribution in [2.24, 2.45) is 5.41 Å². The van der Waals surface area contributed by atoms with E-state index in [2.05, 4.69) is 28.2 Å². The molecule has 0 radical (unpaired) electrons. The third-order valence-electron chi connectivity index (χ3n) is 16.2. The van der Waals surface area contributed by atoms with Gasteiger partial charge in [0.25, 0.3) is 11.8 Å². The van der Waals surface area contributed by atoms with Gasteiger partial charge in [0.15, 0.2) is 12.1 Å². The van der Waals surface area contributed by atoms with Crippen LogP contribution < -0.4 is 25.2 Å². The zero-order valence-corrected chi connectivity index (χ0v) is 48.2. The van der Waals surface area contributed by atoms with E-state index in [1.54, 1.807) is 86.7 Å². The lowest BCUT2D eigenvalue weighted by molar-refractivity contribution is -0.151. The van der Waals surface area contributed by atoms with E-state index in [9.17, 15) is 57.1 Å². The zero-order valence-electron chi connectivity index (χ0n) is 46.4. The number of thiazole rings is 1. The molecule has 0 aliphatic carbocycles. The molecule has 7 atom stereocenters. The number of ether oxygens (including phenoxy) is 1. The first kappa shape index (κ1) is 59.4. The van der Waals surface area contributed by atoms with Crippen LogP contribution in [0.2, 0.25) is 0 Å². The van der Waals surface area contributed by atoms with Gasteiger partial charge < -0.3 is 45.0 Å². The Labute approximate surface area is 483 Å². The van der Waals surface area contributed by atoms with E-state index in [4.69, 9.17) is 4.74 Å². The van der Waals surface area contributed by atoms with Gasteiger partial charge in [0.1, 0.15) is 41.5 Å². The van der Waals surface area contributed by atoms with Crippen LogP contribution in [0.5, 0.6) is 5.75 Å². The number of thiol groups is 1. The first-order valence-corrected chi connectivity index (χ1v) is 28.8. The number of hydrogen-bond acceptors (Lipinski definition) is 14. The number of aliphatic hydroxyl groups is 1. The second kappa shape index (κ2) is 23.6. The maximum atomic E-state index is 14.5. The van der Waals surface area contributed by atoms with E-state index in [1.807, 2.05) is 31.2 Å². The predicted molar refractivity (Wildman–Crippen MR) is 301 cm³/mol. The molecule has 1 unspecified atom stereocenters. The normalized spacial score (nSPS) is 23.1. The highest BCUT2D eigenvalue weighted by molar-refractivity contribution is 7.81. The predicted octanol–water partition coefficient (Wildman–Crippen LogP) is 6.02. The smallest absolute Gasteiger partial charge is 0.417 e. The van der Waals surface area contributed by atoms with Crippen molar-refractivity contribution in [3.63, 3.8) is 0 Å². The van der Waals surface area contributed by atoms with Crippen LogP contribution in [0.15, 0.2) is 72.2 Å². The number of carbonyl (C=O) groups is 7. The summed E-state index contributed by atoms with van der Waals surface area (Å²) in [6.45, 7) is 11.0. The van der Waals surface area contributed by atoms with Crippen LogP contribution in [0.4, 0.5) is 24.5 Å². The number of aryl methyl sites for hydroxylation is 1. The summed E-state index contributed by atoms with van der Waals surface area (Å²) in [6.07, 6.45) is -3.22. The van der Waals surface area contributed by atoms with Crippen molar-refractivity contribution < 1.29 is 56.6 Å². The van der Waals surface area contributed by atoms with Crippen LogP contribution in [0.25, 0.3) is 10.4 Å². The highest BCUT2D eigenvalue weighted by atomic mass is 32.1. The molecule has 5 saturated heterocycles. The molecule has 0 saturated carbocycles. The molecular formula is C58H67F3N10O9S2. The number of benzene rings is 3. The molecule has 82 heavy (non-hydrogen) atoms. The van der Waals surface area contributed by atoms with Crippen molar-refractivity contribution in [3.05, 3.63) is 94.6 Å². The fourth-order valence-electron chi connectivity index (χ4n) is 11.9. The molecule has 3 N–H and O–H groups in total. The summed E-state index contributed by atoms with van der Waals surface area (Å²) in [5.74, 6) is -3.02. The second-order valence-corrected chi connectivity index (χ2v) is 24.4. The molecule has 7 amide bonds. The number of nitrogens with zero attached hydrogens (tertiary/aromatic N) is 8. The van der Waals surface area contributed by atoms with Gasteiger partial charge in [0.05, 0.1) is 39.4 Å². The van der Waals surface area contributed by atoms with Crippen molar-refractivity contribution in [1.29, 1.82) is 5.26 Å². The SMILES string of the molecule is Cc1ncsc1-c1ccc(CNC(=O)C2C[C@@H](O)CN2C(=O)[C@@H](NC(=O)[C@@H]2CCCN2C(=O)[C@@H]2CCCN2C(=O)[C@@H]2CCCN2C(=O)COc2ccc(N3[C@@H](S)N(c4ccc(C#N)c(C(F)(F)F)c4)C(=O)C3(C)C)cc2)C(C)(C)C)cc1. The number of rotatable bonds is 14. The number of anilines is 2. The number of nitrogens with one attached hydrogen (secondary N) is 2. The molecule has 4 aromatic rings. The van der Waals surface area contributed by atoms with Crippen molar-refractivity contribution in [2.75, 3.05) is 42.6 Å². The fourth-order valence-corrected chi connectivity index (χ4v) is 13.3. The molecule has 5 fully saturated rings. The minimum atomic E-state index is -4.84. The summed E-state index contributed by atoms with van der Waals surface area (Å²) in [6, 6.07) is 13.9. The lowest BCUT2D eigenvalue weighted by atomic mass is 9.85. The molecule has 5 aliphatic rings. The molecule has 19 nitrogen and oxygen atoms in total. The van der Waals surface area contributed by atoms with Gasteiger partial charge in [-0.25, -0.2) is 4.98 Å². The number of likely N-dealkylation sites (tertiary alicyclic amines) is 4. The number of β-amino-alcohol motifs (C(OH)–C–C–N with tert-alkyl or cyclic N) is 1. The Morgan fingerprint density at radius 3 is 2.04 bits per heavy atom. The molecule has 6 heterocycles. The van der Waals surface area contributed by atoms with Crippen LogP contribution in [-0.2, 0) is 46.3 Å². The highest BCUT2D eigenvalue weighted by Gasteiger charge is 2.53. The van der Waals surface area contributed by atoms with Gasteiger partial charge in [0, 0.05) is 50.5 Å². The minimum Gasteiger partial charge on any atom is -0.484 e. The van der Waals surface area contributed by atoms with Gasteiger partial charge >= 0.3 is 6.18 Å². The molecule has 9 rings (SSSR count). The van der Waals surface area contributed by atoms with Crippen LogP contribution in [0.1, 0.15) is 102 Å². The largest absolute Gasteiger partial charge is 0.484 e. The summed E-state index contributed by atoms with van der Waals surface area (Å²) in [5, 5.41) is 25.9. The number of nitriles is 1. The topological polar surface area (TPSA) is 229 Å². The minimum absolute atomic E-state index is 0.0144. The van der Waals surface area contributed by atoms with E-state index in [1.165, 1.54) is 25.7 Å². The van der Waals surface area contributed by atoms with Crippen molar-refractivity contribution >= 4 is 76.7 Å². The molecule has 0 spiro atoms. The molecule has 5 aliphatic heterocycles. The van der Waals surface area contributed by atoms with Gasteiger partial charge in [-0.15, -0.1) is 24.0 Å². The van der Waals surface area contributed by atoms with Crippen LogP contribution in [0, 0.1) is 23.7 Å². The van der Waals surface area contributed by atoms with E-state index >= 15 is 0 Å². The molecule has 0 bridgehead atoms. The molecule has 1 aromatic heterocycles. The number of aromatic nitrogens is 1. The molecule has 3 aromatic carbocycles. The van der Waals surface area contributed by atoms with E-state index in [0.29, 0.717) is 44.2 Å². The average molecular weight is 1170 g/mol. The Kier molecular flexibility index (Phi) is 17.1. The van der Waals surface area contributed by atoms with Crippen LogP contribution in [-0.4, -0.2) is 151 Å². The van der Waals surface area contributed by atoms with Crippen molar-refractivity contribution in [2.45, 2.75) is 147 Å². The first-order valence-electron chi connectivity index (χ1n) is 27.4. The van der Waals surface area contributed by atoms with Gasteiger partial charge in [0.2, 0.25) is 29.5 Å². The number of halogens is 3. The monoisotopic (exact) mass is 1170 g/mol.